The zero-order valence-electron chi connectivity index (χ0n) is 72.2. The van der Waals surface area contributed by atoms with Crippen molar-refractivity contribution in [1.29, 1.82) is 0 Å². The molecule has 0 spiro atoms. The molecule has 3 aliphatic heterocycles. The van der Waals surface area contributed by atoms with Crippen molar-refractivity contribution in [3.8, 4) is 5.75 Å². The van der Waals surface area contributed by atoms with Gasteiger partial charge in [0.05, 0.1) is 33.0 Å². The van der Waals surface area contributed by atoms with Crippen molar-refractivity contribution in [2.45, 2.75) is 298 Å². The zero-order chi connectivity index (χ0) is 77.8. The number of carbonyl (C=O) groups is 1. The fourth-order valence-electron chi connectivity index (χ4n) is 22.1. The number of benzene rings is 6. The minimum atomic E-state index is 0.0493. The molecule has 0 saturated heterocycles. The Kier molecular flexibility index (Phi) is 30.6. The predicted octanol–water partition coefficient (Wildman–Crippen LogP) is 27.5. The monoisotopic (exact) mass is 1430 g/mol. The summed E-state index contributed by atoms with van der Waals surface area (Å²) in [5, 5.41) is 0. The summed E-state index contributed by atoms with van der Waals surface area (Å²) in [5.41, 5.74) is 18.0. The van der Waals surface area contributed by atoms with Gasteiger partial charge in [0.2, 0.25) is 0 Å². The highest BCUT2D eigenvalue weighted by Crippen LogP contribution is 2.54. The lowest BCUT2D eigenvalue weighted by Gasteiger charge is -2.45. The van der Waals surface area contributed by atoms with Crippen molar-refractivity contribution in [2.24, 2.45) is 93.7 Å². The molecular formula is C101H152O4. The molecule has 3 heterocycles. The van der Waals surface area contributed by atoms with Crippen molar-refractivity contribution < 1.29 is 19.0 Å². The first-order valence-electron chi connectivity index (χ1n) is 42.3. The number of para-hydroxylation sites is 1. The van der Waals surface area contributed by atoms with Gasteiger partial charge in [-0.15, -0.1) is 0 Å². The summed E-state index contributed by atoms with van der Waals surface area (Å²) in [4.78, 5) is 12.1. The van der Waals surface area contributed by atoms with Gasteiger partial charge >= 0.3 is 0 Å². The highest BCUT2D eigenvalue weighted by Gasteiger charge is 2.50. The number of carbonyl (C=O) groups excluding carboxylic acids is 1. The van der Waals surface area contributed by atoms with E-state index in [9.17, 15) is 4.79 Å². The van der Waals surface area contributed by atoms with E-state index < -0.39 is 0 Å². The Morgan fingerprint density at radius 3 is 0.952 bits per heavy atom. The van der Waals surface area contributed by atoms with E-state index in [1.807, 2.05) is 12.1 Å². The molecule has 580 valence electrons. The smallest absolute Gasteiger partial charge is 0.164 e. The molecule has 1 saturated carbocycles. The zero-order valence-corrected chi connectivity index (χ0v) is 72.2. The molecule has 105 heavy (non-hydrogen) atoms. The number of aryl methyl sites for hydroxylation is 1. The van der Waals surface area contributed by atoms with Crippen molar-refractivity contribution in [3.05, 3.63) is 207 Å². The van der Waals surface area contributed by atoms with Gasteiger partial charge in [-0.1, -0.05) is 353 Å². The molecule has 7 aliphatic rings. The second-order valence-electron chi connectivity index (χ2n) is 37.9. The molecule has 0 radical (unpaired) electrons. The summed E-state index contributed by atoms with van der Waals surface area (Å²) < 4.78 is 17.5. The molecule has 13 rings (SSSR count). The third-order valence-electron chi connectivity index (χ3n) is 29.4. The van der Waals surface area contributed by atoms with Gasteiger partial charge in [-0.05, 0) is 188 Å². The number of ether oxygens (including phenoxy) is 3. The number of hydrogen-bond donors (Lipinski definition) is 0. The topological polar surface area (TPSA) is 44.8 Å². The van der Waals surface area contributed by atoms with Crippen molar-refractivity contribution in [1.82, 2.24) is 0 Å². The summed E-state index contributed by atoms with van der Waals surface area (Å²) in [5.74, 6) is 10.8. The van der Waals surface area contributed by atoms with E-state index in [1.54, 1.807) is 22.3 Å². The Morgan fingerprint density at radius 2 is 0.581 bits per heavy atom. The number of Topliss-reactive ketones (excluding diaryl/α,β-unsaturated/α-hetero) is 1. The van der Waals surface area contributed by atoms with Gasteiger partial charge in [0.15, 0.2) is 5.78 Å². The molecule has 1 fully saturated rings. The van der Waals surface area contributed by atoms with Crippen LogP contribution >= 0.6 is 0 Å². The standard InChI is InChI=1S/2C15H22O.C15H20O.2C15H22.C14H20O.C12H24/c2*1-11(2)15(12(3)4)10-16-9-13-7-5-6-8-14(13)15;1-10(2)15(11(3)4)9-14(16)12-7-5-6-8-13(12)15;1-11(2)15(12(3)4)9-13-7-5-6-8-14(13)10-15;1-11(2)15(12(3)4)10-9-13-7-5-6-8-14(13)15;1-10(2)14(11(3)4)9-15-13-8-6-5-7-12(13)14;1-10(2)12(11(3)4)8-6-5-7-9-12/h2*5-8,11-12H,9-10H2,1-4H3;5-8,10-11H,9H2,1-4H3;2*5-8,11-12H,9-10H2,1-4H3;5-8,10-11H,9H2,1-4H3;10-11H,5-9H2,1-4H3. The molecule has 4 heteroatoms. The van der Waals surface area contributed by atoms with Crippen LogP contribution in [0.3, 0.4) is 0 Å². The number of rotatable bonds is 14. The summed E-state index contributed by atoms with van der Waals surface area (Å²) >= 11 is 0. The van der Waals surface area contributed by atoms with E-state index >= 15 is 0 Å². The third kappa shape index (κ3) is 17.5. The quantitative estimate of drug-likeness (QED) is 0.109. The van der Waals surface area contributed by atoms with Crippen molar-refractivity contribution in [3.63, 3.8) is 0 Å². The molecular weight excluding hydrogens is 1280 g/mol. The van der Waals surface area contributed by atoms with Crippen molar-refractivity contribution in [2.75, 3.05) is 19.8 Å². The molecule has 4 nitrogen and oxygen atoms in total. The highest BCUT2D eigenvalue weighted by molar-refractivity contribution is 6.02. The Bertz CT molecular complexity index is 3410. The Balaban J connectivity index is 0.000000171. The fourth-order valence-corrected chi connectivity index (χ4v) is 22.1. The van der Waals surface area contributed by atoms with Crippen LogP contribution in [-0.2, 0) is 69.0 Å². The Labute approximate surface area is 645 Å². The summed E-state index contributed by atoms with van der Waals surface area (Å²) in [6.07, 6.45) is 13.2. The first kappa shape index (κ1) is 86.9. The van der Waals surface area contributed by atoms with Crippen LogP contribution in [0.25, 0.3) is 0 Å². The van der Waals surface area contributed by atoms with E-state index in [0.29, 0.717) is 75.8 Å². The molecule has 6 aromatic rings. The van der Waals surface area contributed by atoms with Crippen LogP contribution in [0.2, 0.25) is 0 Å². The van der Waals surface area contributed by atoms with Gasteiger partial charge in [-0.3, -0.25) is 4.79 Å². The molecule has 6 aromatic carbocycles. The molecule has 0 aromatic heterocycles. The van der Waals surface area contributed by atoms with E-state index in [-0.39, 0.29) is 21.7 Å². The molecule has 0 bridgehead atoms. The second kappa shape index (κ2) is 36.9. The molecule has 0 atom stereocenters. The van der Waals surface area contributed by atoms with Gasteiger partial charge in [0.1, 0.15) is 5.75 Å². The summed E-state index contributed by atoms with van der Waals surface area (Å²) in [6.45, 7) is 69.4. The van der Waals surface area contributed by atoms with E-state index in [4.69, 9.17) is 14.2 Å². The van der Waals surface area contributed by atoms with Crippen LogP contribution in [0.15, 0.2) is 146 Å². The lowest BCUT2D eigenvalue weighted by molar-refractivity contribution is 0.00830. The minimum Gasteiger partial charge on any atom is -0.492 e. The van der Waals surface area contributed by atoms with Gasteiger partial charge in [0, 0.05) is 44.6 Å². The maximum absolute atomic E-state index is 12.1. The average Bonchev–Trinajstić information content (AvgIpc) is 1.73. The maximum Gasteiger partial charge on any atom is 0.164 e. The van der Waals surface area contributed by atoms with Crippen LogP contribution in [0.4, 0.5) is 0 Å². The first-order chi connectivity index (χ1) is 49.5. The Morgan fingerprint density at radius 1 is 0.267 bits per heavy atom. The second-order valence-corrected chi connectivity index (χ2v) is 37.9. The van der Waals surface area contributed by atoms with Gasteiger partial charge in [0.25, 0.3) is 0 Å². The normalized spacial score (nSPS) is 19.1. The molecule has 0 unspecified atom stereocenters. The molecule has 0 N–H and O–H groups in total. The Hall–Kier alpha value is -5.29. The van der Waals surface area contributed by atoms with Crippen LogP contribution in [0.5, 0.6) is 5.75 Å². The van der Waals surface area contributed by atoms with Crippen LogP contribution in [0.1, 0.15) is 305 Å². The highest BCUT2D eigenvalue weighted by atomic mass is 16.5. The van der Waals surface area contributed by atoms with E-state index in [2.05, 4.69) is 327 Å². The van der Waals surface area contributed by atoms with Crippen LogP contribution < -0.4 is 4.74 Å². The average molecular weight is 1430 g/mol. The third-order valence-corrected chi connectivity index (χ3v) is 29.4. The maximum atomic E-state index is 12.1. The predicted molar refractivity (Wildman–Crippen MR) is 452 cm³/mol. The SMILES string of the molecule is CC(C)C1(C(C)C)CC(=O)c2ccccc21.CC(C)C1(C(C)C)CCCCC1.CC(C)C1(C(C)C)CCc2ccccc21.CC(C)C1(C(C)C)COCc2ccccc21.CC(C)C1(C(C)C)COCc2ccccc21.CC(C)C1(C(C)C)COc2ccccc21.CC(C)C1(C(C)C)Cc2ccccc2C1. The van der Waals surface area contributed by atoms with Crippen molar-refractivity contribution >= 4 is 5.78 Å². The van der Waals surface area contributed by atoms with E-state index in [0.717, 1.165) is 79.9 Å². The molecule has 4 aliphatic carbocycles. The van der Waals surface area contributed by atoms with Crippen LogP contribution in [-0.4, -0.2) is 25.6 Å². The minimum absolute atomic E-state index is 0.0493. The number of ketones is 1. The van der Waals surface area contributed by atoms with E-state index in [1.165, 1.54) is 91.2 Å². The number of hydrogen-bond acceptors (Lipinski definition) is 4. The fraction of sp³-hybridized carbons (Fsp3) is 0.634. The summed E-state index contributed by atoms with van der Waals surface area (Å²) in [6, 6.07) is 52.1. The lowest BCUT2D eigenvalue weighted by atomic mass is 9.61. The van der Waals surface area contributed by atoms with Gasteiger partial charge < -0.3 is 14.2 Å². The largest absolute Gasteiger partial charge is 0.492 e. The molecule has 0 amide bonds. The van der Waals surface area contributed by atoms with Gasteiger partial charge in [-0.25, -0.2) is 0 Å². The van der Waals surface area contributed by atoms with Crippen LogP contribution in [0, 0.1) is 93.7 Å². The lowest BCUT2D eigenvalue weighted by Crippen LogP contribution is -2.45. The van der Waals surface area contributed by atoms with Gasteiger partial charge in [-0.2, -0.15) is 0 Å². The number of fused-ring (bicyclic) bond motifs is 6. The summed E-state index contributed by atoms with van der Waals surface area (Å²) in [7, 11) is 0. The first-order valence-corrected chi connectivity index (χ1v) is 42.3.